The van der Waals surface area contributed by atoms with E-state index in [4.69, 9.17) is 13.9 Å². The highest BCUT2D eigenvalue weighted by molar-refractivity contribution is 5.04. The quantitative estimate of drug-likeness (QED) is 0.230. The molecule has 4 heterocycles. The van der Waals surface area contributed by atoms with Gasteiger partial charge in [-0.2, -0.15) is 0 Å². The molecule has 0 bridgehead atoms. The van der Waals surface area contributed by atoms with Gasteiger partial charge in [0, 0.05) is 44.2 Å². The summed E-state index contributed by atoms with van der Waals surface area (Å²) in [6.07, 6.45) is 16.2. The van der Waals surface area contributed by atoms with Gasteiger partial charge in [-0.25, -0.2) is 24.9 Å². The third-order valence-electron chi connectivity index (χ3n) is 6.56. The van der Waals surface area contributed by atoms with Gasteiger partial charge in [0.1, 0.15) is 12.1 Å². The van der Waals surface area contributed by atoms with Crippen LogP contribution < -0.4 is 4.74 Å². The van der Waals surface area contributed by atoms with Crippen molar-refractivity contribution in [3.8, 4) is 6.01 Å². The van der Waals surface area contributed by atoms with Crippen molar-refractivity contribution in [3.05, 3.63) is 60.1 Å². The van der Waals surface area contributed by atoms with Gasteiger partial charge in [0.25, 0.3) is 0 Å². The first-order valence-corrected chi connectivity index (χ1v) is 17.5. The molecule has 280 valence electrons. The van der Waals surface area contributed by atoms with Crippen LogP contribution in [0.3, 0.4) is 0 Å². The van der Waals surface area contributed by atoms with E-state index in [9.17, 15) is 0 Å². The van der Waals surface area contributed by atoms with E-state index in [1.165, 1.54) is 32.5 Å². The molecular weight excluding hydrogens is 612 g/mol. The van der Waals surface area contributed by atoms with Crippen molar-refractivity contribution in [2.75, 3.05) is 32.8 Å². The molecule has 9 nitrogen and oxygen atoms in total. The molecule has 0 atom stereocenters. The standard InChI is InChI=1S/C11H18N2.C10H16N2O.C9H15NO2.C9H19N.CH4/c1-9-7-12-10(13-8-9)5-6-11(2,3)4;1-8-5-11-9(12-6-8)13-7-10(2,3)4;1-9(2,3)12-6-4-8-10-5-7-11-8;1-9(2,3)8-10-6-4-5-7-10;/h7-8H,5-6H2,1-4H3;5-6H,7H2,1-4H3;5,7H,4,6H2,1-3H3;4-8H2,1-3H3;1H4. The first-order chi connectivity index (χ1) is 22.1. The maximum atomic E-state index is 5.50. The highest BCUT2D eigenvalue weighted by Crippen LogP contribution is 2.20. The van der Waals surface area contributed by atoms with Crippen molar-refractivity contribution < 1.29 is 13.9 Å². The summed E-state index contributed by atoms with van der Waals surface area (Å²) < 4.78 is 16.0. The third-order valence-corrected chi connectivity index (χ3v) is 6.56. The SMILES string of the molecule is C.CC(C)(C)CN1CCCC1.CC(C)(C)OCCc1ncco1.Cc1cnc(CCC(C)(C)C)nc1.Cc1cnc(OCC(C)(C)C)nc1. The number of aromatic nitrogens is 5. The van der Waals surface area contributed by atoms with Crippen molar-refractivity contribution in [3.63, 3.8) is 0 Å². The van der Waals surface area contributed by atoms with E-state index < -0.39 is 0 Å². The highest BCUT2D eigenvalue weighted by Gasteiger charge is 2.18. The molecule has 3 aromatic heterocycles. The summed E-state index contributed by atoms with van der Waals surface area (Å²) in [4.78, 5) is 23.2. The Morgan fingerprint density at radius 2 is 1.22 bits per heavy atom. The molecule has 3 aromatic rings. The first-order valence-electron chi connectivity index (χ1n) is 17.5. The normalized spacial score (nSPS) is 13.5. The molecule has 0 N–H and O–H groups in total. The zero-order valence-electron chi connectivity index (χ0n) is 32.9. The molecule has 0 radical (unpaired) electrons. The minimum atomic E-state index is -0.0768. The summed E-state index contributed by atoms with van der Waals surface area (Å²) in [5, 5.41) is 0. The second kappa shape index (κ2) is 22.0. The number of aryl methyl sites for hydroxylation is 3. The summed E-state index contributed by atoms with van der Waals surface area (Å²) in [5.74, 6) is 1.69. The average Bonchev–Trinajstić information content (AvgIpc) is 3.66. The van der Waals surface area contributed by atoms with Crippen LogP contribution in [0.4, 0.5) is 0 Å². The van der Waals surface area contributed by atoms with Crippen molar-refractivity contribution >= 4 is 0 Å². The highest BCUT2D eigenvalue weighted by atomic mass is 16.5. The number of oxazole rings is 1. The number of ether oxygens (including phenoxy) is 2. The van der Waals surface area contributed by atoms with Crippen LogP contribution in [-0.4, -0.2) is 68.3 Å². The van der Waals surface area contributed by atoms with Crippen LogP contribution in [-0.2, 0) is 17.6 Å². The third kappa shape index (κ3) is 27.6. The second-order valence-electron chi connectivity index (χ2n) is 17.3. The van der Waals surface area contributed by atoms with E-state index in [1.54, 1.807) is 24.9 Å². The molecular formula is C40H72N6O3. The van der Waals surface area contributed by atoms with E-state index in [1.807, 2.05) is 47.0 Å². The Morgan fingerprint density at radius 1 is 0.694 bits per heavy atom. The number of likely N-dealkylation sites (tertiary alicyclic amines) is 1. The molecule has 1 aliphatic rings. The average molecular weight is 685 g/mol. The Hall–Kier alpha value is -2.91. The minimum Gasteiger partial charge on any atom is -0.463 e. The Bertz CT molecular complexity index is 1150. The zero-order valence-corrected chi connectivity index (χ0v) is 32.9. The Balaban J connectivity index is 0.000000625. The number of hydrogen-bond donors (Lipinski definition) is 0. The summed E-state index contributed by atoms with van der Waals surface area (Å²) >= 11 is 0. The Labute approximate surface area is 300 Å². The Morgan fingerprint density at radius 3 is 1.65 bits per heavy atom. The molecule has 49 heavy (non-hydrogen) atoms. The summed E-state index contributed by atoms with van der Waals surface area (Å²) in [6, 6.07) is 0.459. The van der Waals surface area contributed by atoms with E-state index in [-0.39, 0.29) is 18.4 Å². The molecule has 0 aliphatic carbocycles. The van der Waals surface area contributed by atoms with Crippen molar-refractivity contribution in [2.45, 2.75) is 142 Å². The molecule has 0 amide bonds. The summed E-state index contributed by atoms with van der Waals surface area (Å²) in [6.45, 7) is 35.3. The lowest BCUT2D eigenvalue weighted by Gasteiger charge is -2.25. The zero-order chi connectivity index (χ0) is 36.4. The maximum Gasteiger partial charge on any atom is 0.316 e. The van der Waals surface area contributed by atoms with Crippen molar-refractivity contribution in [2.24, 2.45) is 16.2 Å². The largest absolute Gasteiger partial charge is 0.463 e. The second-order valence-corrected chi connectivity index (χ2v) is 17.3. The molecule has 0 spiro atoms. The van der Waals surface area contributed by atoms with Gasteiger partial charge >= 0.3 is 6.01 Å². The molecule has 0 aromatic carbocycles. The molecule has 1 aliphatic heterocycles. The van der Waals surface area contributed by atoms with Crippen LogP contribution in [0.5, 0.6) is 6.01 Å². The smallest absolute Gasteiger partial charge is 0.316 e. The van der Waals surface area contributed by atoms with E-state index in [0.717, 1.165) is 42.1 Å². The first kappa shape index (κ1) is 46.1. The van der Waals surface area contributed by atoms with Crippen LogP contribution >= 0.6 is 0 Å². The molecule has 1 fully saturated rings. The lowest BCUT2D eigenvalue weighted by atomic mass is 9.90. The number of hydrogen-bond acceptors (Lipinski definition) is 9. The monoisotopic (exact) mass is 685 g/mol. The van der Waals surface area contributed by atoms with E-state index in [0.29, 0.717) is 30.1 Å². The molecule has 1 saturated heterocycles. The summed E-state index contributed by atoms with van der Waals surface area (Å²) in [5.41, 5.74) is 3.10. The predicted molar refractivity (Wildman–Crippen MR) is 204 cm³/mol. The van der Waals surface area contributed by atoms with Gasteiger partial charge in [0.05, 0.1) is 25.0 Å². The topological polar surface area (TPSA) is 99.3 Å². The number of nitrogens with zero attached hydrogens (tertiary/aromatic N) is 6. The van der Waals surface area contributed by atoms with Crippen LogP contribution in [0.2, 0.25) is 0 Å². The van der Waals surface area contributed by atoms with Crippen molar-refractivity contribution in [1.82, 2.24) is 29.8 Å². The molecule has 0 unspecified atom stereocenters. The lowest BCUT2D eigenvalue weighted by Crippen LogP contribution is -2.29. The summed E-state index contributed by atoms with van der Waals surface area (Å²) in [7, 11) is 0. The minimum absolute atomic E-state index is 0. The van der Waals surface area contributed by atoms with E-state index >= 15 is 0 Å². The van der Waals surface area contributed by atoms with Crippen LogP contribution in [0, 0.1) is 30.1 Å². The van der Waals surface area contributed by atoms with Crippen LogP contribution in [0.25, 0.3) is 0 Å². The fourth-order valence-electron chi connectivity index (χ4n) is 4.20. The van der Waals surface area contributed by atoms with Gasteiger partial charge < -0.3 is 18.8 Å². The van der Waals surface area contributed by atoms with Gasteiger partial charge in [-0.05, 0) is 94.3 Å². The predicted octanol–water partition coefficient (Wildman–Crippen LogP) is 9.77. The Kier molecular flexibility index (Phi) is 20.7. The van der Waals surface area contributed by atoms with Gasteiger partial charge in [-0.15, -0.1) is 0 Å². The molecule has 4 rings (SSSR count). The van der Waals surface area contributed by atoms with Gasteiger partial charge in [0.2, 0.25) is 0 Å². The molecule has 0 saturated carbocycles. The fraction of sp³-hybridized carbons (Fsp3) is 0.725. The van der Waals surface area contributed by atoms with Gasteiger partial charge in [0.15, 0.2) is 5.89 Å². The van der Waals surface area contributed by atoms with Crippen LogP contribution in [0.15, 0.2) is 41.7 Å². The molecule has 9 heteroatoms. The van der Waals surface area contributed by atoms with Crippen molar-refractivity contribution in [1.29, 1.82) is 0 Å². The number of rotatable bonds is 8. The fourth-order valence-corrected chi connectivity index (χ4v) is 4.20. The van der Waals surface area contributed by atoms with Gasteiger partial charge in [-0.3, -0.25) is 0 Å². The van der Waals surface area contributed by atoms with Crippen LogP contribution in [0.1, 0.15) is 133 Å². The maximum absolute atomic E-state index is 5.50. The van der Waals surface area contributed by atoms with E-state index in [2.05, 4.69) is 92.1 Å². The lowest BCUT2D eigenvalue weighted by molar-refractivity contribution is -0.00284. The van der Waals surface area contributed by atoms with Gasteiger partial charge in [-0.1, -0.05) is 69.7 Å².